The lowest BCUT2D eigenvalue weighted by Crippen LogP contribution is -2.61. The number of aliphatic hydroxyl groups is 5. The Morgan fingerprint density at radius 1 is 0.494 bits per heavy atom. The van der Waals surface area contributed by atoms with Gasteiger partial charge in [-0.3, -0.25) is 9.59 Å². The molecule has 1 saturated heterocycles. The van der Waals surface area contributed by atoms with E-state index < -0.39 is 67.4 Å². The van der Waals surface area contributed by atoms with E-state index in [2.05, 4.69) is 135 Å². The number of esters is 1. The SMILES string of the molecule is CC/C=C\C/C=C\C/C=C\C/C=C\C/C=C\CCCCCC(=O)OC1C(OCC(NC(=O)C(O)CCCCCC/C=C\C/C=C\C/C=C\C/C=C\CCCCC)C(O)/C=C/CCCCCCCCCCCCC)OC(CO)C(O)C1O. The number of nitrogens with one attached hydrogen (secondary N) is 1. The molecule has 1 rings (SSSR count). The Balaban J connectivity index is 2.72. The number of aliphatic hydroxyl groups excluding tert-OH is 5. The number of carbonyl (C=O) groups is 2. The van der Waals surface area contributed by atoms with Crippen LogP contribution in [0.3, 0.4) is 0 Å². The summed E-state index contributed by atoms with van der Waals surface area (Å²) in [6.07, 6.45) is 67.9. The van der Waals surface area contributed by atoms with Crippen LogP contribution < -0.4 is 5.32 Å². The van der Waals surface area contributed by atoms with Crippen LogP contribution in [-0.4, -0.2) is 99.6 Å². The molecule has 1 aliphatic heterocycles. The standard InChI is InChI=1S/C70H117NO10/c1-4-7-10-13-16-19-22-25-27-29-31-33-34-36-39-42-45-48-51-54-57-63(74)69(78)71-61(62(73)56-53-50-47-44-41-38-24-21-18-15-12-9-6-3)60-79-70-68(67(77)66(76)64(59-72)80-70)81-65(75)58-55-52-49-46-43-40-37-35-32-30-28-26-23-20-17-14-11-8-5-2/h8,11,16-17,19-20,25-28,31-33,35-36,39-40,43,53,56,61-64,66-68,70,72-74,76-77H,4-7,9-10,12-15,18,21-24,29-30,34,37-38,41-42,44-52,54-55,57-60H2,1-3H3,(H,71,78)/b11-8-,19-16-,20-17-,27-25-,28-26-,33-31-,35-32-,39-36-,43-40-,56-53+. The lowest BCUT2D eigenvalue weighted by Gasteiger charge is -2.41. The van der Waals surface area contributed by atoms with Gasteiger partial charge in [0.15, 0.2) is 12.4 Å². The molecule has 1 aliphatic rings. The molecule has 1 heterocycles. The first-order chi connectivity index (χ1) is 39.7. The smallest absolute Gasteiger partial charge is 0.306 e. The maximum Gasteiger partial charge on any atom is 0.306 e. The average Bonchev–Trinajstić information content (AvgIpc) is 3.47. The average molecular weight is 1130 g/mol. The third kappa shape index (κ3) is 44.3. The monoisotopic (exact) mass is 1130 g/mol. The van der Waals surface area contributed by atoms with Gasteiger partial charge in [-0.25, -0.2) is 0 Å². The summed E-state index contributed by atoms with van der Waals surface area (Å²) in [5.41, 5.74) is 0. The summed E-state index contributed by atoms with van der Waals surface area (Å²) < 4.78 is 17.6. The first-order valence-corrected chi connectivity index (χ1v) is 32.3. The number of unbranched alkanes of at least 4 members (excludes halogenated alkanes) is 21. The van der Waals surface area contributed by atoms with Crippen molar-refractivity contribution in [3.8, 4) is 0 Å². The van der Waals surface area contributed by atoms with E-state index in [0.717, 1.165) is 122 Å². The maximum absolute atomic E-state index is 13.4. The summed E-state index contributed by atoms with van der Waals surface area (Å²) in [7, 11) is 0. The molecule has 0 saturated carbocycles. The van der Waals surface area contributed by atoms with Gasteiger partial charge in [0.05, 0.1) is 25.4 Å². The number of carbonyl (C=O) groups excluding carboxylic acids is 2. The van der Waals surface area contributed by atoms with E-state index in [1.165, 1.54) is 77.0 Å². The first-order valence-electron chi connectivity index (χ1n) is 32.3. The van der Waals surface area contributed by atoms with Crippen molar-refractivity contribution in [1.82, 2.24) is 5.32 Å². The van der Waals surface area contributed by atoms with Gasteiger partial charge in [-0.15, -0.1) is 0 Å². The van der Waals surface area contributed by atoms with E-state index in [1.54, 1.807) is 6.08 Å². The van der Waals surface area contributed by atoms with Crippen LogP contribution in [0.2, 0.25) is 0 Å². The first kappa shape index (κ1) is 75.1. The predicted molar refractivity (Wildman–Crippen MR) is 338 cm³/mol. The molecular formula is C70H117NO10. The summed E-state index contributed by atoms with van der Waals surface area (Å²) in [5, 5.41) is 57.1. The van der Waals surface area contributed by atoms with Crippen molar-refractivity contribution < 1.29 is 49.3 Å². The van der Waals surface area contributed by atoms with Gasteiger partial charge in [0, 0.05) is 6.42 Å². The Labute approximate surface area is 493 Å². The topological polar surface area (TPSA) is 175 Å². The molecule has 11 heteroatoms. The van der Waals surface area contributed by atoms with Crippen molar-refractivity contribution >= 4 is 11.9 Å². The molecule has 0 spiro atoms. The number of allylic oxidation sites excluding steroid dienone is 19. The highest BCUT2D eigenvalue weighted by Gasteiger charge is 2.47. The Morgan fingerprint density at radius 3 is 1.36 bits per heavy atom. The van der Waals surface area contributed by atoms with Crippen LogP contribution >= 0.6 is 0 Å². The molecule has 0 aromatic carbocycles. The summed E-state index contributed by atoms with van der Waals surface area (Å²) in [6.45, 7) is 5.61. The Morgan fingerprint density at radius 2 is 0.889 bits per heavy atom. The molecule has 6 N–H and O–H groups in total. The highest BCUT2D eigenvalue weighted by Crippen LogP contribution is 2.26. The highest BCUT2D eigenvalue weighted by atomic mass is 16.7. The van der Waals surface area contributed by atoms with E-state index in [-0.39, 0.29) is 19.4 Å². The van der Waals surface area contributed by atoms with Crippen LogP contribution in [-0.2, 0) is 23.8 Å². The summed E-state index contributed by atoms with van der Waals surface area (Å²) in [6, 6.07) is -1.05. The minimum absolute atomic E-state index is 0.0751. The van der Waals surface area contributed by atoms with Gasteiger partial charge in [0.1, 0.15) is 24.4 Å². The van der Waals surface area contributed by atoms with E-state index in [1.807, 2.05) is 6.08 Å². The molecule has 81 heavy (non-hydrogen) atoms. The van der Waals surface area contributed by atoms with Gasteiger partial charge in [-0.05, 0) is 116 Å². The molecule has 0 aliphatic carbocycles. The van der Waals surface area contributed by atoms with Crippen molar-refractivity contribution in [2.24, 2.45) is 0 Å². The van der Waals surface area contributed by atoms with Crippen molar-refractivity contribution in [2.45, 2.75) is 294 Å². The molecule has 0 bridgehead atoms. The third-order valence-electron chi connectivity index (χ3n) is 14.3. The fraction of sp³-hybridized carbons (Fsp3) is 0.686. The normalized spacial score (nSPS) is 19.5. The fourth-order valence-corrected chi connectivity index (χ4v) is 9.25. The molecular weight excluding hydrogens is 1010 g/mol. The summed E-state index contributed by atoms with van der Waals surface area (Å²) in [5.74, 6) is -1.25. The number of hydrogen-bond donors (Lipinski definition) is 6. The second kappa shape index (κ2) is 56.5. The van der Waals surface area contributed by atoms with Gasteiger partial charge in [-0.1, -0.05) is 245 Å². The molecule has 11 nitrogen and oxygen atoms in total. The zero-order valence-electron chi connectivity index (χ0n) is 51.1. The van der Waals surface area contributed by atoms with Crippen molar-refractivity contribution in [2.75, 3.05) is 13.2 Å². The number of amides is 1. The molecule has 0 aromatic heterocycles. The Hall–Kier alpha value is -3.94. The van der Waals surface area contributed by atoms with E-state index in [4.69, 9.17) is 14.2 Å². The van der Waals surface area contributed by atoms with Crippen LogP contribution in [0.4, 0.5) is 0 Å². The van der Waals surface area contributed by atoms with Crippen LogP contribution in [0.1, 0.15) is 245 Å². The van der Waals surface area contributed by atoms with Crippen LogP contribution in [0.5, 0.6) is 0 Å². The summed E-state index contributed by atoms with van der Waals surface area (Å²) in [4.78, 5) is 26.6. The minimum atomic E-state index is -1.64. The largest absolute Gasteiger partial charge is 0.454 e. The number of rotatable bonds is 53. The van der Waals surface area contributed by atoms with Gasteiger partial charge in [0.2, 0.25) is 5.91 Å². The second-order valence-corrected chi connectivity index (χ2v) is 21.8. The lowest BCUT2D eigenvalue weighted by atomic mass is 9.99. The third-order valence-corrected chi connectivity index (χ3v) is 14.3. The minimum Gasteiger partial charge on any atom is -0.454 e. The van der Waals surface area contributed by atoms with Gasteiger partial charge < -0.3 is 45.1 Å². The molecule has 1 fully saturated rings. The van der Waals surface area contributed by atoms with Gasteiger partial charge in [-0.2, -0.15) is 0 Å². The Bertz CT molecular complexity index is 1780. The summed E-state index contributed by atoms with van der Waals surface area (Å²) >= 11 is 0. The molecule has 1 amide bonds. The van der Waals surface area contributed by atoms with Crippen molar-refractivity contribution in [3.05, 3.63) is 122 Å². The maximum atomic E-state index is 13.4. The molecule has 462 valence electrons. The van der Waals surface area contributed by atoms with Gasteiger partial charge >= 0.3 is 5.97 Å². The zero-order chi connectivity index (χ0) is 58.9. The van der Waals surface area contributed by atoms with Crippen molar-refractivity contribution in [3.63, 3.8) is 0 Å². The molecule has 0 radical (unpaired) electrons. The quantitative estimate of drug-likeness (QED) is 0.0195. The zero-order valence-corrected chi connectivity index (χ0v) is 51.1. The molecule has 0 aromatic rings. The van der Waals surface area contributed by atoms with Crippen molar-refractivity contribution in [1.29, 1.82) is 0 Å². The van der Waals surface area contributed by atoms with Gasteiger partial charge in [0.25, 0.3) is 0 Å². The lowest BCUT2D eigenvalue weighted by molar-refractivity contribution is -0.305. The van der Waals surface area contributed by atoms with Crippen LogP contribution in [0.25, 0.3) is 0 Å². The second-order valence-electron chi connectivity index (χ2n) is 21.8. The molecule has 8 unspecified atom stereocenters. The van der Waals surface area contributed by atoms with E-state index in [9.17, 15) is 35.1 Å². The predicted octanol–water partition coefficient (Wildman–Crippen LogP) is 15.8. The fourth-order valence-electron chi connectivity index (χ4n) is 9.25. The molecule has 8 atom stereocenters. The number of hydrogen-bond acceptors (Lipinski definition) is 10. The number of ether oxygens (including phenoxy) is 3. The Kier molecular flexibility index (Phi) is 52.4. The van der Waals surface area contributed by atoms with E-state index >= 15 is 0 Å². The highest BCUT2D eigenvalue weighted by molar-refractivity contribution is 5.80. The van der Waals surface area contributed by atoms with Crippen LogP contribution in [0, 0.1) is 0 Å². The van der Waals surface area contributed by atoms with Crippen LogP contribution in [0.15, 0.2) is 122 Å². The van der Waals surface area contributed by atoms with E-state index in [0.29, 0.717) is 12.8 Å².